The summed E-state index contributed by atoms with van der Waals surface area (Å²) in [6, 6.07) is 21.0. The Balaban J connectivity index is 1.47. The van der Waals surface area contributed by atoms with Crippen molar-refractivity contribution in [1.82, 2.24) is 24.6 Å². The Morgan fingerprint density at radius 3 is 2.42 bits per heavy atom. The third-order valence-electron chi connectivity index (χ3n) is 5.10. The Morgan fingerprint density at radius 1 is 0.909 bits per heavy atom. The number of rotatable bonds is 9. The second-order valence-electron chi connectivity index (χ2n) is 8.03. The van der Waals surface area contributed by atoms with Gasteiger partial charge in [0.25, 0.3) is 5.56 Å². The van der Waals surface area contributed by atoms with Crippen LogP contribution in [-0.4, -0.2) is 51.9 Å². The van der Waals surface area contributed by atoms with Gasteiger partial charge in [0.15, 0.2) is 11.6 Å². The molecule has 0 amide bonds. The molecule has 0 spiro atoms. The molecular weight excluding hydrogens is 414 g/mol. The molecule has 2 aromatic carbocycles. The summed E-state index contributed by atoms with van der Waals surface area (Å²) < 4.78 is 7.19. The largest absolute Gasteiger partial charge is 0.490 e. The number of hydrogen-bond acceptors (Lipinski definition) is 6. The minimum absolute atomic E-state index is 0.146. The number of hydrogen-bond donors (Lipinski definition) is 0. The molecule has 33 heavy (non-hydrogen) atoms. The molecular formula is C26H27N5O2. The van der Waals surface area contributed by atoms with E-state index in [-0.39, 0.29) is 5.56 Å². The first-order valence-electron chi connectivity index (χ1n) is 10.9. The van der Waals surface area contributed by atoms with Crippen LogP contribution in [0.1, 0.15) is 12.0 Å². The van der Waals surface area contributed by atoms with Crippen molar-refractivity contribution in [2.75, 3.05) is 27.2 Å². The van der Waals surface area contributed by atoms with E-state index in [0.717, 1.165) is 35.3 Å². The van der Waals surface area contributed by atoms with Crippen LogP contribution in [0.5, 0.6) is 5.75 Å². The molecule has 0 fully saturated rings. The molecule has 0 saturated heterocycles. The van der Waals surface area contributed by atoms with Crippen LogP contribution >= 0.6 is 0 Å². The highest BCUT2D eigenvalue weighted by atomic mass is 16.5. The van der Waals surface area contributed by atoms with E-state index in [9.17, 15) is 4.79 Å². The van der Waals surface area contributed by atoms with Gasteiger partial charge in [0.05, 0.1) is 31.2 Å². The van der Waals surface area contributed by atoms with Crippen LogP contribution in [0.4, 0.5) is 0 Å². The fraction of sp³-hybridized carbons (Fsp3) is 0.231. The molecule has 7 heteroatoms. The predicted octanol–water partition coefficient (Wildman–Crippen LogP) is 3.75. The van der Waals surface area contributed by atoms with Crippen LogP contribution in [0.25, 0.3) is 22.6 Å². The van der Waals surface area contributed by atoms with E-state index in [1.807, 2.05) is 68.7 Å². The second-order valence-corrected chi connectivity index (χ2v) is 8.03. The van der Waals surface area contributed by atoms with Gasteiger partial charge >= 0.3 is 0 Å². The minimum Gasteiger partial charge on any atom is -0.490 e. The maximum atomic E-state index is 12.4. The van der Waals surface area contributed by atoms with Gasteiger partial charge in [0.2, 0.25) is 0 Å². The molecule has 4 aromatic rings. The maximum Gasteiger partial charge on any atom is 0.267 e. The average molecular weight is 442 g/mol. The fourth-order valence-electron chi connectivity index (χ4n) is 3.42. The van der Waals surface area contributed by atoms with Crippen LogP contribution < -0.4 is 10.3 Å². The van der Waals surface area contributed by atoms with Crippen LogP contribution in [0.2, 0.25) is 0 Å². The molecule has 0 saturated carbocycles. The zero-order valence-electron chi connectivity index (χ0n) is 18.9. The summed E-state index contributed by atoms with van der Waals surface area (Å²) in [6.45, 7) is 1.96. The summed E-state index contributed by atoms with van der Waals surface area (Å²) in [7, 11) is 4.08. The molecule has 2 aromatic heterocycles. The quantitative estimate of drug-likeness (QED) is 0.369. The maximum absolute atomic E-state index is 12.4. The van der Waals surface area contributed by atoms with E-state index in [0.29, 0.717) is 24.7 Å². The Morgan fingerprint density at radius 2 is 1.67 bits per heavy atom. The lowest BCUT2D eigenvalue weighted by Gasteiger charge is -2.10. The summed E-state index contributed by atoms with van der Waals surface area (Å²) in [5.74, 6) is 1.26. The Bertz CT molecular complexity index is 1240. The number of aromatic nitrogens is 4. The summed E-state index contributed by atoms with van der Waals surface area (Å²) >= 11 is 0. The van der Waals surface area contributed by atoms with E-state index in [1.54, 1.807) is 24.5 Å². The third-order valence-corrected chi connectivity index (χ3v) is 5.10. The van der Waals surface area contributed by atoms with Gasteiger partial charge in [-0.15, -0.1) is 0 Å². The molecule has 0 N–H and O–H groups in total. The molecule has 0 unspecified atom stereocenters. The number of nitrogens with zero attached hydrogens (tertiary/aromatic N) is 5. The van der Waals surface area contributed by atoms with E-state index >= 15 is 0 Å². The highest BCUT2D eigenvalue weighted by Gasteiger charge is 2.07. The monoisotopic (exact) mass is 441 g/mol. The molecule has 0 radical (unpaired) electrons. The van der Waals surface area contributed by atoms with E-state index < -0.39 is 0 Å². The Labute approximate surface area is 193 Å². The van der Waals surface area contributed by atoms with Crippen molar-refractivity contribution in [2.24, 2.45) is 0 Å². The van der Waals surface area contributed by atoms with Crippen molar-refractivity contribution in [3.8, 4) is 28.4 Å². The van der Waals surface area contributed by atoms with E-state index in [2.05, 4.69) is 20.0 Å². The molecule has 2 heterocycles. The van der Waals surface area contributed by atoms with Gasteiger partial charge in [-0.25, -0.2) is 14.6 Å². The van der Waals surface area contributed by atoms with E-state index in [1.165, 1.54) is 4.68 Å². The van der Waals surface area contributed by atoms with Gasteiger partial charge < -0.3 is 9.64 Å². The SMILES string of the molecule is CN(C)CCCOc1cnc(-c2cccc(Cn3nc(-c4ccccc4)ccc3=O)c2)nc1. The Kier molecular flexibility index (Phi) is 7.22. The van der Waals surface area contributed by atoms with Gasteiger partial charge in [0.1, 0.15) is 0 Å². The van der Waals surface area contributed by atoms with Crippen molar-refractivity contribution in [3.05, 3.63) is 95.0 Å². The lowest BCUT2D eigenvalue weighted by molar-refractivity contribution is 0.280. The normalized spacial score (nSPS) is 11.0. The predicted molar refractivity (Wildman–Crippen MR) is 129 cm³/mol. The standard InChI is InChI=1S/C26H27N5O2/c1-30(2)14-7-15-33-23-17-27-26(28-18-23)22-11-6-8-20(16-22)19-31-25(32)13-12-24(29-31)21-9-4-3-5-10-21/h3-6,8-13,16-18H,7,14-15,19H2,1-2H3. The first kappa shape index (κ1) is 22.4. The zero-order chi connectivity index (χ0) is 23.0. The minimum atomic E-state index is -0.146. The van der Waals surface area contributed by atoms with Gasteiger partial charge in [-0.05, 0) is 38.2 Å². The highest BCUT2D eigenvalue weighted by molar-refractivity contribution is 5.58. The van der Waals surface area contributed by atoms with Gasteiger partial charge in [-0.2, -0.15) is 5.10 Å². The molecule has 0 aliphatic carbocycles. The van der Waals surface area contributed by atoms with Crippen molar-refractivity contribution in [2.45, 2.75) is 13.0 Å². The molecule has 0 atom stereocenters. The van der Waals surface area contributed by atoms with Crippen LogP contribution in [-0.2, 0) is 6.54 Å². The van der Waals surface area contributed by atoms with Crippen molar-refractivity contribution >= 4 is 0 Å². The first-order chi connectivity index (χ1) is 16.1. The number of ether oxygens (including phenoxy) is 1. The fourth-order valence-corrected chi connectivity index (χ4v) is 3.42. The number of benzene rings is 2. The lowest BCUT2D eigenvalue weighted by atomic mass is 10.1. The van der Waals surface area contributed by atoms with Gasteiger partial charge in [-0.1, -0.05) is 48.5 Å². The average Bonchev–Trinajstić information content (AvgIpc) is 2.84. The molecule has 0 aliphatic rings. The topological polar surface area (TPSA) is 73.1 Å². The highest BCUT2D eigenvalue weighted by Crippen LogP contribution is 2.19. The zero-order valence-corrected chi connectivity index (χ0v) is 18.9. The van der Waals surface area contributed by atoms with Crippen LogP contribution in [0.3, 0.4) is 0 Å². The molecule has 0 bridgehead atoms. The molecule has 0 aliphatic heterocycles. The van der Waals surface area contributed by atoms with E-state index in [4.69, 9.17) is 4.74 Å². The summed E-state index contributed by atoms with van der Waals surface area (Å²) in [5.41, 5.74) is 3.40. The molecule has 7 nitrogen and oxygen atoms in total. The van der Waals surface area contributed by atoms with Crippen molar-refractivity contribution < 1.29 is 4.74 Å². The van der Waals surface area contributed by atoms with Gasteiger partial charge in [0, 0.05) is 23.7 Å². The lowest BCUT2D eigenvalue weighted by Crippen LogP contribution is -2.22. The molecule has 4 rings (SSSR count). The Hall–Kier alpha value is -3.84. The van der Waals surface area contributed by atoms with Crippen LogP contribution in [0, 0.1) is 0 Å². The second kappa shape index (κ2) is 10.7. The summed E-state index contributed by atoms with van der Waals surface area (Å²) in [5, 5.41) is 4.55. The van der Waals surface area contributed by atoms with Crippen LogP contribution in [0.15, 0.2) is 83.9 Å². The molecule has 168 valence electrons. The third kappa shape index (κ3) is 6.11. The summed E-state index contributed by atoms with van der Waals surface area (Å²) in [6.07, 6.45) is 4.33. The summed E-state index contributed by atoms with van der Waals surface area (Å²) in [4.78, 5) is 23.4. The first-order valence-corrected chi connectivity index (χ1v) is 10.9. The smallest absolute Gasteiger partial charge is 0.267 e. The van der Waals surface area contributed by atoms with Gasteiger partial charge in [-0.3, -0.25) is 4.79 Å². The van der Waals surface area contributed by atoms with Crippen molar-refractivity contribution in [1.29, 1.82) is 0 Å². The van der Waals surface area contributed by atoms with Crippen molar-refractivity contribution in [3.63, 3.8) is 0 Å².